The number of rotatable bonds is 6. The maximum atomic E-state index is 12.5. The van der Waals surface area contributed by atoms with Crippen molar-refractivity contribution in [3.05, 3.63) is 53.7 Å². The number of nitrogens with zero attached hydrogens (tertiary/aromatic N) is 2. The molecule has 0 atom stereocenters. The highest BCUT2D eigenvalue weighted by atomic mass is 16.2. The van der Waals surface area contributed by atoms with Gasteiger partial charge in [-0.25, -0.2) is 9.78 Å². The first kappa shape index (κ1) is 20.2. The summed E-state index contributed by atoms with van der Waals surface area (Å²) in [6.45, 7) is 2.53. The Labute approximate surface area is 177 Å². The molecule has 0 radical (unpaired) electrons. The number of carbonyl (C=O) groups excluding carboxylic acids is 2. The lowest BCUT2D eigenvalue weighted by molar-refractivity contribution is 0.0951. The number of carbonyl (C=O) groups is 2. The van der Waals surface area contributed by atoms with Crippen molar-refractivity contribution in [2.24, 2.45) is 0 Å². The van der Waals surface area contributed by atoms with E-state index in [1.54, 1.807) is 24.3 Å². The van der Waals surface area contributed by atoms with Crippen LogP contribution in [-0.4, -0.2) is 36.1 Å². The Bertz CT molecular complexity index is 871. The predicted octanol–water partition coefficient (Wildman–Crippen LogP) is 3.68. The molecule has 7 nitrogen and oxygen atoms in total. The van der Waals surface area contributed by atoms with Gasteiger partial charge in [-0.1, -0.05) is 25.0 Å². The van der Waals surface area contributed by atoms with E-state index < -0.39 is 0 Å². The summed E-state index contributed by atoms with van der Waals surface area (Å²) in [6.07, 6.45) is 8.92. The number of amides is 3. The number of aromatic nitrogens is 1. The Morgan fingerprint density at radius 1 is 1.03 bits per heavy atom. The third-order valence-corrected chi connectivity index (χ3v) is 5.49. The van der Waals surface area contributed by atoms with Crippen LogP contribution >= 0.6 is 0 Å². The molecule has 3 amide bonds. The minimum atomic E-state index is -0.231. The number of pyridine rings is 1. The van der Waals surface area contributed by atoms with Crippen LogP contribution < -0.4 is 20.9 Å². The van der Waals surface area contributed by atoms with Gasteiger partial charge < -0.3 is 20.9 Å². The summed E-state index contributed by atoms with van der Waals surface area (Å²) in [5.74, 6) is 0.827. The fraction of sp³-hybridized carbons (Fsp3) is 0.435. The van der Waals surface area contributed by atoms with Gasteiger partial charge in [0.05, 0.1) is 0 Å². The van der Waals surface area contributed by atoms with Crippen LogP contribution in [0.4, 0.5) is 16.3 Å². The van der Waals surface area contributed by atoms with Gasteiger partial charge in [0.2, 0.25) is 0 Å². The van der Waals surface area contributed by atoms with Crippen molar-refractivity contribution in [2.45, 2.75) is 51.1 Å². The van der Waals surface area contributed by atoms with Crippen LogP contribution in [0.15, 0.2) is 42.6 Å². The lowest BCUT2D eigenvalue weighted by Gasteiger charge is -2.21. The SMILES string of the molecule is O=C(Nc1cccc(C(=O)NCc2ccc(N3CCCCCC3)nc2)c1)NC1CC1. The molecule has 30 heavy (non-hydrogen) atoms. The Morgan fingerprint density at radius 3 is 2.53 bits per heavy atom. The standard InChI is InChI=1S/C23H29N5O2/c29-22(18-6-5-7-20(14-18)27-23(30)26-19-9-10-19)25-16-17-8-11-21(24-15-17)28-12-3-1-2-4-13-28/h5-8,11,14-15,19H,1-4,9-10,12-13,16H2,(H,25,29)(H2,26,27,30). The topological polar surface area (TPSA) is 86.4 Å². The number of urea groups is 1. The van der Waals surface area contributed by atoms with Gasteiger partial charge in [-0.05, 0) is 55.5 Å². The smallest absolute Gasteiger partial charge is 0.319 e. The molecule has 1 aromatic carbocycles. The van der Waals surface area contributed by atoms with Crippen molar-refractivity contribution in [3.8, 4) is 0 Å². The van der Waals surface area contributed by atoms with E-state index in [1.807, 2.05) is 18.3 Å². The van der Waals surface area contributed by atoms with Crippen LogP contribution in [0.1, 0.15) is 54.4 Å². The van der Waals surface area contributed by atoms with E-state index in [2.05, 4.69) is 25.8 Å². The van der Waals surface area contributed by atoms with E-state index in [0.29, 0.717) is 17.8 Å². The molecule has 3 N–H and O–H groups in total. The maximum absolute atomic E-state index is 12.5. The van der Waals surface area contributed by atoms with Crippen LogP contribution in [0.25, 0.3) is 0 Å². The van der Waals surface area contributed by atoms with Gasteiger partial charge in [0.15, 0.2) is 0 Å². The molecule has 2 fully saturated rings. The van der Waals surface area contributed by atoms with Crippen LogP contribution in [0.5, 0.6) is 0 Å². The average molecular weight is 408 g/mol. The fourth-order valence-electron chi connectivity index (χ4n) is 3.61. The molecule has 0 bridgehead atoms. The van der Waals surface area contributed by atoms with Gasteiger partial charge in [0.25, 0.3) is 5.91 Å². The molecule has 2 aromatic rings. The van der Waals surface area contributed by atoms with E-state index in [1.165, 1.54) is 25.7 Å². The van der Waals surface area contributed by atoms with Gasteiger partial charge in [-0.15, -0.1) is 0 Å². The van der Waals surface area contributed by atoms with Crippen LogP contribution in [0.3, 0.4) is 0 Å². The maximum Gasteiger partial charge on any atom is 0.319 e. The Kier molecular flexibility index (Phi) is 6.47. The van der Waals surface area contributed by atoms with Crippen molar-refractivity contribution >= 4 is 23.4 Å². The number of hydrogen-bond donors (Lipinski definition) is 3. The zero-order valence-corrected chi connectivity index (χ0v) is 17.2. The van der Waals surface area contributed by atoms with Crippen molar-refractivity contribution in [2.75, 3.05) is 23.3 Å². The van der Waals surface area contributed by atoms with Gasteiger partial charge in [0.1, 0.15) is 5.82 Å². The molecule has 0 unspecified atom stereocenters. The third kappa shape index (κ3) is 5.72. The summed E-state index contributed by atoms with van der Waals surface area (Å²) in [4.78, 5) is 31.3. The summed E-state index contributed by atoms with van der Waals surface area (Å²) in [7, 11) is 0. The molecule has 0 spiro atoms. The molecule has 2 aliphatic rings. The van der Waals surface area contributed by atoms with Crippen molar-refractivity contribution in [1.82, 2.24) is 15.6 Å². The van der Waals surface area contributed by atoms with E-state index in [0.717, 1.165) is 37.3 Å². The Balaban J connectivity index is 1.29. The molecular formula is C23H29N5O2. The first-order valence-electron chi connectivity index (χ1n) is 10.8. The summed E-state index contributed by atoms with van der Waals surface area (Å²) < 4.78 is 0. The molecule has 1 aromatic heterocycles. The summed E-state index contributed by atoms with van der Waals surface area (Å²) in [5.41, 5.74) is 2.07. The number of hydrogen-bond acceptors (Lipinski definition) is 4. The van der Waals surface area contributed by atoms with Gasteiger partial charge in [-0.3, -0.25) is 4.79 Å². The van der Waals surface area contributed by atoms with E-state index in [4.69, 9.17) is 0 Å². The van der Waals surface area contributed by atoms with Gasteiger partial charge >= 0.3 is 6.03 Å². The van der Waals surface area contributed by atoms with Crippen LogP contribution in [-0.2, 0) is 6.54 Å². The second-order valence-electron chi connectivity index (χ2n) is 8.06. The first-order chi connectivity index (χ1) is 14.7. The molecule has 7 heteroatoms. The molecule has 4 rings (SSSR count). The lowest BCUT2D eigenvalue weighted by Crippen LogP contribution is -2.30. The second-order valence-corrected chi connectivity index (χ2v) is 8.06. The predicted molar refractivity (Wildman–Crippen MR) is 118 cm³/mol. The Morgan fingerprint density at radius 2 is 1.83 bits per heavy atom. The minimum Gasteiger partial charge on any atom is -0.357 e. The molecule has 1 aliphatic carbocycles. The monoisotopic (exact) mass is 407 g/mol. The van der Waals surface area contributed by atoms with Crippen molar-refractivity contribution in [3.63, 3.8) is 0 Å². The van der Waals surface area contributed by atoms with Crippen LogP contribution in [0.2, 0.25) is 0 Å². The summed E-state index contributed by atoms with van der Waals surface area (Å²) in [6, 6.07) is 11.1. The molecule has 2 heterocycles. The highest BCUT2D eigenvalue weighted by Crippen LogP contribution is 2.19. The third-order valence-electron chi connectivity index (χ3n) is 5.49. The van der Waals surface area contributed by atoms with E-state index in [9.17, 15) is 9.59 Å². The van der Waals surface area contributed by atoms with Crippen molar-refractivity contribution < 1.29 is 9.59 Å². The normalized spacial score (nSPS) is 16.5. The van der Waals surface area contributed by atoms with Crippen molar-refractivity contribution in [1.29, 1.82) is 0 Å². The molecule has 1 aliphatic heterocycles. The van der Waals surface area contributed by atoms with Gasteiger partial charge in [0, 0.05) is 43.1 Å². The highest BCUT2D eigenvalue weighted by Gasteiger charge is 2.23. The van der Waals surface area contributed by atoms with Crippen LogP contribution in [0, 0.1) is 0 Å². The molecule has 1 saturated heterocycles. The van der Waals surface area contributed by atoms with Gasteiger partial charge in [-0.2, -0.15) is 0 Å². The fourth-order valence-corrected chi connectivity index (χ4v) is 3.61. The minimum absolute atomic E-state index is 0.183. The largest absolute Gasteiger partial charge is 0.357 e. The number of anilines is 2. The zero-order valence-electron chi connectivity index (χ0n) is 17.2. The number of benzene rings is 1. The zero-order chi connectivity index (χ0) is 20.8. The average Bonchev–Trinajstić information content (AvgIpc) is 3.59. The summed E-state index contributed by atoms with van der Waals surface area (Å²) >= 11 is 0. The summed E-state index contributed by atoms with van der Waals surface area (Å²) in [5, 5.41) is 8.57. The Hall–Kier alpha value is -3.09. The molecular weight excluding hydrogens is 378 g/mol. The highest BCUT2D eigenvalue weighted by molar-refractivity contribution is 5.96. The molecule has 158 valence electrons. The molecule has 1 saturated carbocycles. The lowest BCUT2D eigenvalue weighted by atomic mass is 10.2. The number of nitrogens with one attached hydrogen (secondary N) is 3. The second kappa shape index (κ2) is 9.61. The van der Waals surface area contributed by atoms with E-state index >= 15 is 0 Å². The quantitative estimate of drug-likeness (QED) is 0.682. The van der Waals surface area contributed by atoms with E-state index in [-0.39, 0.29) is 18.0 Å². The first-order valence-corrected chi connectivity index (χ1v) is 10.8.